The standard InChI is InChI=1S/C44H26N4/c45-27-29-9-19-35(20-10-29)47-41-7-3-1-5-37(41)39-25-33(17-23-43(39)47)31-13-15-32(16-14-31)34-18-24-44-40(26-34)38-6-2-4-8-42(38)48(44)36-21-11-30(28-46)12-22-36/h1-26H. The molecule has 2 aromatic heterocycles. The zero-order valence-electron chi connectivity index (χ0n) is 25.8. The minimum absolute atomic E-state index is 0.653. The van der Waals surface area contributed by atoms with E-state index in [1.54, 1.807) is 0 Å². The molecule has 7 aromatic carbocycles. The summed E-state index contributed by atoms with van der Waals surface area (Å²) in [5.74, 6) is 0. The van der Waals surface area contributed by atoms with Crippen molar-refractivity contribution >= 4 is 43.6 Å². The second-order valence-electron chi connectivity index (χ2n) is 12.1. The number of aromatic nitrogens is 2. The largest absolute Gasteiger partial charge is 0.309 e. The van der Waals surface area contributed by atoms with E-state index in [0.29, 0.717) is 11.1 Å². The summed E-state index contributed by atoms with van der Waals surface area (Å²) < 4.78 is 4.54. The average molecular weight is 611 g/mol. The summed E-state index contributed by atoms with van der Waals surface area (Å²) in [6, 6.07) is 59.2. The van der Waals surface area contributed by atoms with Crippen molar-refractivity contribution in [3.63, 3.8) is 0 Å². The van der Waals surface area contributed by atoms with Crippen molar-refractivity contribution in [2.75, 3.05) is 0 Å². The number of para-hydroxylation sites is 2. The molecular formula is C44H26N4. The summed E-state index contributed by atoms with van der Waals surface area (Å²) in [5.41, 5.74) is 12.6. The van der Waals surface area contributed by atoms with Gasteiger partial charge in [-0.25, -0.2) is 0 Å². The molecule has 0 saturated heterocycles. The molecule has 0 aliphatic rings. The van der Waals surface area contributed by atoms with Crippen LogP contribution in [0.25, 0.3) is 77.2 Å². The third-order valence-corrected chi connectivity index (χ3v) is 9.41. The van der Waals surface area contributed by atoms with Crippen LogP contribution in [-0.2, 0) is 0 Å². The summed E-state index contributed by atoms with van der Waals surface area (Å²) in [4.78, 5) is 0. The Morgan fingerprint density at radius 3 is 1.08 bits per heavy atom. The first kappa shape index (κ1) is 27.4. The van der Waals surface area contributed by atoms with E-state index in [0.717, 1.165) is 55.7 Å². The summed E-state index contributed by atoms with van der Waals surface area (Å²) >= 11 is 0. The number of fused-ring (bicyclic) bond motifs is 6. The molecular weight excluding hydrogens is 585 g/mol. The second kappa shape index (κ2) is 10.9. The highest BCUT2D eigenvalue weighted by Crippen LogP contribution is 2.37. The molecule has 9 aromatic rings. The molecule has 222 valence electrons. The SMILES string of the molecule is N#Cc1ccc(-n2c3ccccc3c3cc(-c4ccc(-c5ccc6c(c5)c5ccccc5n6-c5ccc(C#N)cc5)cc4)ccc32)cc1. The van der Waals surface area contributed by atoms with Crippen LogP contribution in [0.15, 0.2) is 158 Å². The number of benzene rings is 7. The van der Waals surface area contributed by atoms with Gasteiger partial charge in [-0.3, -0.25) is 0 Å². The lowest BCUT2D eigenvalue weighted by Crippen LogP contribution is -1.93. The van der Waals surface area contributed by atoms with E-state index >= 15 is 0 Å². The quantitative estimate of drug-likeness (QED) is 0.199. The Hall–Kier alpha value is -6.88. The van der Waals surface area contributed by atoms with Crippen LogP contribution in [0.4, 0.5) is 0 Å². The van der Waals surface area contributed by atoms with Gasteiger partial charge in [-0.2, -0.15) is 10.5 Å². The summed E-state index contributed by atoms with van der Waals surface area (Å²) in [7, 11) is 0. The maximum atomic E-state index is 9.29. The zero-order chi connectivity index (χ0) is 32.2. The smallest absolute Gasteiger partial charge is 0.0991 e. The predicted molar refractivity (Wildman–Crippen MR) is 195 cm³/mol. The summed E-state index contributed by atoms with van der Waals surface area (Å²) in [6.45, 7) is 0. The number of nitriles is 2. The Morgan fingerprint density at radius 1 is 0.333 bits per heavy atom. The van der Waals surface area contributed by atoms with E-state index in [4.69, 9.17) is 0 Å². The monoisotopic (exact) mass is 610 g/mol. The van der Waals surface area contributed by atoms with Gasteiger partial charge in [0, 0.05) is 32.9 Å². The first-order valence-electron chi connectivity index (χ1n) is 15.9. The lowest BCUT2D eigenvalue weighted by Gasteiger charge is -2.09. The molecule has 0 unspecified atom stereocenters. The van der Waals surface area contributed by atoms with Gasteiger partial charge in [0.15, 0.2) is 0 Å². The molecule has 0 saturated carbocycles. The van der Waals surface area contributed by atoms with Gasteiger partial charge < -0.3 is 9.13 Å². The molecule has 0 bridgehead atoms. The van der Waals surface area contributed by atoms with Gasteiger partial charge in [0.1, 0.15) is 0 Å². The van der Waals surface area contributed by atoms with Crippen LogP contribution < -0.4 is 0 Å². The molecule has 0 aliphatic heterocycles. The van der Waals surface area contributed by atoms with Crippen LogP contribution in [-0.4, -0.2) is 9.13 Å². The van der Waals surface area contributed by atoms with Gasteiger partial charge in [0.2, 0.25) is 0 Å². The Bertz CT molecular complexity index is 2570. The van der Waals surface area contributed by atoms with Gasteiger partial charge >= 0.3 is 0 Å². The van der Waals surface area contributed by atoms with Crippen molar-refractivity contribution in [2.45, 2.75) is 0 Å². The summed E-state index contributed by atoms with van der Waals surface area (Å²) in [6.07, 6.45) is 0. The molecule has 0 amide bonds. The molecule has 0 spiro atoms. The van der Waals surface area contributed by atoms with Gasteiger partial charge in [0.25, 0.3) is 0 Å². The fourth-order valence-electron chi connectivity index (χ4n) is 7.09. The van der Waals surface area contributed by atoms with Crippen molar-refractivity contribution in [2.24, 2.45) is 0 Å². The number of nitrogens with zero attached hydrogens (tertiary/aromatic N) is 4. The van der Waals surface area contributed by atoms with Crippen molar-refractivity contribution in [3.05, 3.63) is 169 Å². The van der Waals surface area contributed by atoms with Crippen molar-refractivity contribution in [1.29, 1.82) is 10.5 Å². The normalized spacial score (nSPS) is 11.3. The van der Waals surface area contributed by atoms with Crippen LogP contribution in [0, 0.1) is 22.7 Å². The van der Waals surface area contributed by atoms with Crippen molar-refractivity contribution < 1.29 is 0 Å². The number of rotatable bonds is 4. The first-order chi connectivity index (χ1) is 23.7. The molecule has 0 radical (unpaired) electrons. The highest BCUT2D eigenvalue weighted by molar-refractivity contribution is 6.11. The molecule has 0 aliphatic carbocycles. The van der Waals surface area contributed by atoms with E-state index in [2.05, 4.69) is 130 Å². The maximum Gasteiger partial charge on any atom is 0.0991 e. The molecule has 4 heteroatoms. The fourth-order valence-corrected chi connectivity index (χ4v) is 7.09. The van der Waals surface area contributed by atoms with Gasteiger partial charge in [0.05, 0.1) is 45.3 Å². The van der Waals surface area contributed by atoms with Crippen LogP contribution in [0.5, 0.6) is 0 Å². The van der Waals surface area contributed by atoms with Gasteiger partial charge in [-0.15, -0.1) is 0 Å². The first-order valence-corrected chi connectivity index (χ1v) is 15.9. The summed E-state index contributed by atoms with van der Waals surface area (Å²) in [5, 5.41) is 23.4. The predicted octanol–water partition coefficient (Wildman–Crippen LogP) is 11.0. The Morgan fingerprint density at radius 2 is 0.688 bits per heavy atom. The lowest BCUT2D eigenvalue weighted by atomic mass is 9.98. The van der Waals surface area contributed by atoms with E-state index < -0.39 is 0 Å². The van der Waals surface area contributed by atoms with Crippen molar-refractivity contribution in [3.8, 4) is 45.8 Å². The maximum absolute atomic E-state index is 9.29. The molecule has 0 fully saturated rings. The molecule has 0 N–H and O–H groups in total. The van der Waals surface area contributed by atoms with Crippen molar-refractivity contribution in [1.82, 2.24) is 9.13 Å². The third kappa shape index (κ3) is 4.29. The lowest BCUT2D eigenvalue weighted by molar-refractivity contribution is 1.18. The van der Waals surface area contributed by atoms with E-state index in [9.17, 15) is 10.5 Å². The van der Waals surface area contributed by atoms with E-state index in [1.807, 2.05) is 48.5 Å². The second-order valence-corrected chi connectivity index (χ2v) is 12.1. The number of hydrogen-bond donors (Lipinski definition) is 0. The molecule has 48 heavy (non-hydrogen) atoms. The number of hydrogen-bond acceptors (Lipinski definition) is 2. The molecule has 9 rings (SSSR count). The van der Waals surface area contributed by atoms with E-state index in [-0.39, 0.29) is 0 Å². The fraction of sp³-hybridized carbons (Fsp3) is 0. The Kier molecular flexibility index (Phi) is 6.22. The van der Waals surface area contributed by atoms with Crippen LogP contribution in [0.3, 0.4) is 0 Å². The van der Waals surface area contributed by atoms with Crippen LogP contribution in [0.1, 0.15) is 11.1 Å². The minimum Gasteiger partial charge on any atom is -0.309 e. The molecule has 0 atom stereocenters. The topological polar surface area (TPSA) is 57.4 Å². The third-order valence-electron chi connectivity index (χ3n) is 9.41. The molecule has 4 nitrogen and oxygen atoms in total. The highest BCUT2D eigenvalue weighted by Gasteiger charge is 2.15. The van der Waals surface area contributed by atoms with Gasteiger partial charge in [-0.05, 0) is 107 Å². The minimum atomic E-state index is 0.653. The van der Waals surface area contributed by atoms with E-state index in [1.165, 1.54) is 21.5 Å². The van der Waals surface area contributed by atoms with Gasteiger partial charge in [-0.1, -0.05) is 72.8 Å². The Labute approximate surface area is 277 Å². The highest BCUT2D eigenvalue weighted by atomic mass is 15.0. The average Bonchev–Trinajstić information content (AvgIpc) is 3.67. The Balaban J connectivity index is 1.10. The zero-order valence-corrected chi connectivity index (χ0v) is 25.8. The van der Waals surface area contributed by atoms with Crippen LogP contribution >= 0.6 is 0 Å². The van der Waals surface area contributed by atoms with Crippen LogP contribution in [0.2, 0.25) is 0 Å². The molecule has 2 heterocycles.